The molecule has 0 atom stereocenters. The average Bonchev–Trinajstić information content (AvgIpc) is 2.95. The van der Waals surface area contributed by atoms with Gasteiger partial charge >= 0.3 is 0 Å². The highest BCUT2D eigenvalue weighted by Crippen LogP contribution is 2.36. The first kappa shape index (κ1) is 9.33. The maximum atomic E-state index is 8.87. The Morgan fingerprint density at radius 2 is 1.95 bits per heavy atom. The predicted octanol–water partition coefficient (Wildman–Crippen LogP) is 4.45. The zero-order valence-corrected chi connectivity index (χ0v) is 12.2. The molecule has 1 fully saturated rings. The van der Waals surface area contributed by atoms with Crippen LogP contribution in [0.5, 0.6) is 0 Å². The molecule has 104 valence electrons. The Bertz CT molecular complexity index is 758. The molecule has 1 saturated carbocycles. The van der Waals surface area contributed by atoms with Crippen molar-refractivity contribution in [2.45, 2.75) is 45.4 Å². The van der Waals surface area contributed by atoms with Crippen molar-refractivity contribution >= 4 is 0 Å². The van der Waals surface area contributed by atoms with E-state index < -0.39 is 12.7 Å². The summed E-state index contributed by atoms with van der Waals surface area (Å²) in [6.07, 6.45) is 5.15. The van der Waals surface area contributed by atoms with Crippen LogP contribution in [-0.2, 0) is 7.05 Å². The highest BCUT2D eigenvalue weighted by molar-refractivity contribution is 5.61. The topological polar surface area (TPSA) is 3.88 Å². The quantitative estimate of drug-likeness (QED) is 0.710. The van der Waals surface area contributed by atoms with Gasteiger partial charge in [0.25, 0.3) is 0 Å². The molecule has 3 rings (SSSR count). The maximum Gasteiger partial charge on any atom is 0.212 e. The lowest BCUT2D eigenvalue weighted by Crippen LogP contribution is -2.32. The summed E-state index contributed by atoms with van der Waals surface area (Å²) in [5, 5.41) is 0. The molecular weight excluding hydrogens is 242 g/mol. The van der Waals surface area contributed by atoms with Crippen molar-refractivity contribution in [3.8, 4) is 11.3 Å². The number of aromatic nitrogens is 1. The first-order valence-corrected chi connectivity index (χ1v) is 7.33. The van der Waals surface area contributed by atoms with Crippen LogP contribution in [0.3, 0.4) is 0 Å². The van der Waals surface area contributed by atoms with Crippen LogP contribution in [0.1, 0.15) is 53.8 Å². The molecule has 0 radical (unpaired) electrons. The molecule has 0 unspecified atom stereocenters. The molecule has 0 amide bonds. The maximum absolute atomic E-state index is 8.87. The van der Waals surface area contributed by atoms with Crippen molar-refractivity contribution in [3.63, 3.8) is 0 Å². The molecule has 1 nitrogen and oxygen atoms in total. The summed E-state index contributed by atoms with van der Waals surface area (Å²) < 4.78 is 34.5. The van der Waals surface area contributed by atoms with E-state index in [-0.39, 0.29) is 0 Å². The number of pyridine rings is 1. The van der Waals surface area contributed by atoms with E-state index in [1.807, 2.05) is 29.8 Å². The minimum atomic E-state index is -2.20. The van der Waals surface area contributed by atoms with Gasteiger partial charge in [0.05, 0.1) is 0 Å². The van der Waals surface area contributed by atoms with Gasteiger partial charge in [0.1, 0.15) is 7.05 Å². The Morgan fingerprint density at radius 3 is 2.65 bits per heavy atom. The Labute approximate surface area is 127 Å². The van der Waals surface area contributed by atoms with Gasteiger partial charge in [-0.2, -0.15) is 0 Å². The van der Waals surface area contributed by atoms with Gasteiger partial charge in [-0.1, -0.05) is 31.0 Å². The van der Waals surface area contributed by atoms with Gasteiger partial charge < -0.3 is 0 Å². The minimum absolute atomic E-state index is 0.319. The second kappa shape index (κ2) is 5.40. The van der Waals surface area contributed by atoms with Crippen LogP contribution < -0.4 is 4.57 Å². The molecule has 2 aromatic rings. The van der Waals surface area contributed by atoms with Crippen molar-refractivity contribution in [2.24, 2.45) is 7.05 Å². The molecule has 0 bridgehead atoms. The van der Waals surface area contributed by atoms with Crippen LogP contribution in [0.25, 0.3) is 11.3 Å². The van der Waals surface area contributed by atoms with Gasteiger partial charge in [-0.15, -0.1) is 0 Å². The molecule has 1 aliphatic carbocycles. The largest absolute Gasteiger partial charge is 0.212 e. The summed E-state index contributed by atoms with van der Waals surface area (Å²) in [5.41, 5.74) is 4.19. The van der Waals surface area contributed by atoms with E-state index in [1.54, 1.807) is 6.20 Å². The molecule has 0 spiro atoms. The Hall–Kier alpha value is -1.63. The summed E-state index contributed by atoms with van der Waals surface area (Å²) in [6, 6.07) is 10.0. The van der Waals surface area contributed by atoms with E-state index in [2.05, 4.69) is 19.1 Å². The number of rotatable bonds is 2. The average molecular weight is 270 g/mol. The van der Waals surface area contributed by atoms with Crippen molar-refractivity contribution in [2.75, 3.05) is 0 Å². The summed E-state index contributed by atoms with van der Waals surface area (Å²) >= 11 is 0. The third-order valence-electron chi connectivity index (χ3n) is 4.28. The first-order chi connectivity index (χ1) is 11.2. The van der Waals surface area contributed by atoms with Gasteiger partial charge in [0.2, 0.25) is 5.69 Å². The number of aryl methyl sites for hydroxylation is 3. The fraction of sp³-hybridized carbons (Fsp3) is 0.421. The zero-order chi connectivity index (χ0) is 17.5. The number of nitrogens with zero attached hydrogens (tertiary/aromatic N) is 1. The molecule has 1 aromatic heterocycles. The smallest absolute Gasteiger partial charge is 0.201 e. The Morgan fingerprint density at radius 1 is 1.20 bits per heavy atom. The van der Waals surface area contributed by atoms with E-state index in [4.69, 9.17) is 5.48 Å². The van der Waals surface area contributed by atoms with E-state index in [0.717, 1.165) is 42.5 Å². The van der Waals surface area contributed by atoms with E-state index in [1.165, 1.54) is 0 Å². The van der Waals surface area contributed by atoms with E-state index in [0.29, 0.717) is 11.1 Å². The number of hydrogen-bond donors (Lipinski definition) is 0. The number of hydrogen-bond acceptors (Lipinski definition) is 0. The van der Waals surface area contributed by atoms with Crippen molar-refractivity contribution < 1.29 is 10.1 Å². The van der Waals surface area contributed by atoms with Gasteiger partial charge in [0.15, 0.2) is 6.20 Å². The van der Waals surface area contributed by atoms with E-state index in [9.17, 15) is 0 Å². The minimum Gasteiger partial charge on any atom is -0.201 e. The molecule has 0 N–H and O–H groups in total. The molecular formula is C19H24N+. The molecule has 0 aliphatic heterocycles. The second-order valence-corrected chi connectivity index (χ2v) is 5.72. The lowest BCUT2D eigenvalue weighted by Gasteiger charge is -2.14. The second-order valence-electron chi connectivity index (χ2n) is 5.72. The standard InChI is InChI=1S/C19H24N/c1-14-8-4-7-11-17(14)19-12-18(15(2)13-20(19)3)16-9-5-6-10-16/h4,7-8,11-13,16H,5-6,9-10H2,1-3H3/q+1/i2D3,16D. The van der Waals surface area contributed by atoms with Crippen molar-refractivity contribution in [1.29, 1.82) is 0 Å². The summed E-state index contributed by atoms with van der Waals surface area (Å²) in [7, 11) is 1.88. The van der Waals surface area contributed by atoms with Gasteiger partial charge in [-0.05, 0) is 49.7 Å². The highest BCUT2D eigenvalue weighted by atomic mass is 14.9. The van der Waals surface area contributed by atoms with Gasteiger partial charge in [-0.25, -0.2) is 4.57 Å². The number of benzene rings is 1. The van der Waals surface area contributed by atoms with Crippen molar-refractivity contribution in [3.05, 3.63) is 53.2 Å². The first-order valence-electron chi connectivity index (χ1n) is 9.33. The third-order valence-corrected chi connectivity index (χ3v) is 4.28. The fourth-order valence-electron chi connectivity index (χ4n) is 3.14. The molecule has 0 saturated heterocycles. The SMILES string of the molecule is [2H]C([2H])([2H])c1c[n+](C)c(-c2ccccc2C)cc1C1([2H])CCCC1. The Kier molecular flexibility index (Phi) is 2.52. The van der Waals surface area contributed by atoms with Crippen LogP contribution >= 0.6 is 0 Å². The predicted molar refractivity (Wildman–Crippen MR) is 83.7 cm³/mol. The molecule has 1 aliphatic rings. The van der Waals surface area contributed by atoms with E-state index >= 15 is 0 Å². The monoisotopic (exact) mass is 270 g/mol. The normalized spacial score (nSPS) is 20.9. The van der Waals surface area contributed by atoms with Gasteiger partial charge in [0, 0.05) is 22.7 Å². The van der Waals surface area contributed by atoms with Crippen LogP contribution in [0.2, 0.25) is 0 Å². The molecule has 1 heteroatoms. The van der Waals surface area contributed by atoms with Crippen LogP contribution in [0.15, 0.2) is 36.5 Å². The van der Waals surface area contributed by atoms with Crippen LogP contribution in [0, 0.1) is 13.8 Å². The van der Waals surface area contributed by atoms with Crippen LogP contribution in [0.4, 0.5) is 0 Å². The fourth-order valence-corrected chi connectivity index (χ4v) is 3.14. The van der Waals surface area contributed by atoms with Gasteiger partial charge in [-0.3, -0.25) is 0 Å². The summed E-state index contributed by atoms with van der Waals surface area (Å²) in [6.45, 7) is -0.146. The lowest BCUT2D eigenvalue weighted by atomic mass is 9.92. The highest BCUT2D eigenvalue weighted by Gasteiger charge is 2.23. The van der Waals surface area contributed by atoms with Crippen LogP contribution in [-0.4, -0.2) is 0 Å². The third kappa shape index (κ3) is 2.37. The zero-order valence-electron chi connectivity index (χ0n) is 16.2. The summed E-state index contributed by atoms with van der Waals surface area (Å²) in [4.78, 5) is 0. The summed E-state index contributed by atoms with van der Waals surface area (Å²) in [5.74, 6) is -0.782. The Balaban J connectivity index is 2.26. The van der Waals surface area contributed by atoms with Crippen molar-refractivity contribution in [1.82, 2.24) is 0 Å². The molecule has 20 heavy (non-hydrogen) atoms. The molecule has 1 heterocycles. The lowest BCUT2D eigenvalue weighted by molar-refractivity contribution is -0.660. The molecule has 1 aromatic carbocycles.